The Morgan fingerprint density at radius 1 is 1.24 bits per heavy atom. The maximum atomic E-state index is 10.8. The number of aromatic carboxylic acids is 1. The largest absolute Gasteiger partial charge is 0.478 e. The van der Waals surface area contributed by atoms with Gasteiger partial charge < -0.3 is 9.67 Å². The van der Waals surface area contributed by atoms with Crippen LogP contribution in [-0.2, 0) is 6.54 Å². The van der Waals surface area contributed by atoms with Gasteiger partial charge in [-0.05, 0) is 36.6 Å². The average molecular weight is 229 g/mol. The predicted molar refractivity (Wildman–Crippen MR) is 66.4 cm³/mol. The van der Waals surface area contributed by atoms with E-state index in [2.05, 4.69) is 26.0 Å². The van der Waals surface area contributed by atoms with Gasteiger partial charge in [-0.25, -0.2) is 4.79 Å². The highest BCUT2D eigenvalue weighted by atomic mass is 16.4. The summed E-state index contributed by atoms with van der Waals surface area (Å²) in [4.78, 5) is 10.8. The van der Waals surface area contributed by atoms with Crippen molar-refractivity contribution >= 4 is 5.97 Å². The van der Waals surface area contributed by atoms with Gasteiger partial charge in [-0.2, -0.15) is 0 Å². The van der Waals surface area contributed by atoms with Crippen LogP contribution < -0.4 is 0 Å². The first kappa shape index (κ1) is 11.5. The SMILES string of the molecule is Cc1cccc(C)c1Cn1ccc(C(=O)O)c1. The zero-order valence-corrected chi connectivity index (χ0v) is 9.97. The molecule has 17 heavy (non-hydrogen) atoms. The zero-order chi connectivity index (χ0) is 12.4. The number of carboxylic acids is 1. The molecule has 0 saturated heterocycles. The number of carbonyl (C=O) groups is 1. The molecular formula is C14H15NO2. The molecule has 1 aromatic carbocycles. The number of benzene rings is 1. The van der Waals surface area contributed by atoms with Crippen molar-refractivity contribution in [3.8, 4) is 0 Å². The Bertz CT molecular complexity index is 535. The molecule has 2 aromatic rings. The minimum atomic E-state index is -0.884. The molecule has 3 nitrogen and oxygen atoms in total. The third kappa shape index (κ3) is 2.38. The maximum Gasteiger partial charge on any atom is 0.337 e. The van der Waals surface area contributed by atoms with Crippen molar-refractivity contribution in [3.63, 3.8) is 0 Å². The number of aromatic nitrogens is 1. The highest BCUT2D eigenvalue weighted by Crippen LogP contribution is 2.15. The molecule has 1 heterocycles. The minimum absolute atomic E-state index is 0.330. The van der Waals surface area contributed by atoms with Crippen LogP contribution in [0.2, 0.25) is 0 Å². The Morgan fingerprint density at radius 2 is 1.88 bits per heavy atom. The van der Waals surface area contributed by atoms with Gasteiger partial charge in [0.15, 0.2) is 0 Å². The molecule has 0 radical (unpaired) electrons. The van der Waals surface area contributed by atoms with Crippen molar-refractivity contribution in [2.45, 2.75) is 20.4 Å². The van der Waals surface area contributed by atoms with Crippen LogP contribution in [0.4, 0.5) is 0 Å². The van der Waals surface area contributed by atoms with E-state index in [4.69, 9.17) is 5.11 Å². The molecule has 0 fully saturated rings. The van der Waals surface area contributed by atoms with Crippen LogP contribution in [0.15, 0.2) is 36.7 Å². The summed E-state index contributed by atoms with van der Waals surface area (Å²) in [7, 11) is 0. The quantitative estimate of drug-likeness (QED) is 0.879. The molecule has 0 amide bonds. The van der Waals surface area contributed by atoms with E-state index in [1.165, 1.54) is 16.7 Å². The molecule has 3 heteroatoms. The smallest absolute Gasteiger partial charge is 0.337 e. The molecule has 0 bridgehead atoms. The lowest BCUT2D eigenvalue weighted by molar-refractivity contribution is 0.0697. The Labute approximate surface area is 100 Å². The lowest BCUT2D eigenvalue weighted by atomic mass is 10.0. The number of nitrogens with zero attached hydrogens (tertiary/aromatic N) is 1. The summed E-state index contributed by atoms with van der Waals surface area (Å²) in [5.74, 6) is -0.884. The summed E-state index contributed by atoms with van der Waals surface area (Å²) in [6.07, 6.45) is 3.46. The second-order valence-corrected chi connectivity index (χ2v) is 4.25. The molecule has 0 aliphatic heterocycles. The van der Waals surface area contributed by atoms with Gasteiger partial charge in [-0.1, -0.05) is 18.2 Å². The maximum absolute atomic E-state index is 10.8. The summed E-state index contributed by atoms with van der Waals surface area (Å²) in [5.41, 5.74) is 4.04. The fourth-order valence-corrected chi connectivity index (χ4v) is 1.95. The van der Waals surface area contributed by atoms with Gasteiger partial charge in [0.2, 0.25) is 0 Å². The van der Waals surface area contributed by atoms with Crippen LogP contribution in [0.1, 0.15) is 27.0 Å². The van der Waals surface area contributed by atoms with Crippen LogP contribution in [0.3, 0.4) is 0 Å². The van der Waals surface area contributed by atoms with Crippen LogP contribution in [0, 0.1) is 13.8 Å². The number of rotatable bonds is 3. The Morgan fingerprint density at radius 3 is 2.41 bits per heavy atom. The van der Waals surface area contributed by atoms with Crippen molar-refractivity contribution < 1.29 is 9.90 Å². The van der Waals surface area contributed by atoms with E-state index in [-0.39, 0.29) is 0 Å². The van der Waals surface area contributed by atoms with E-state index in [0.717, 1.165) is 0 Å². The van der Waals surface area contributed by atoms with Gasteiger partial charge in [0, 0.05) is 18.9 Å². The van der Waals surface area contributed by atoms with Crippen LogP contribution >= 0.6 is 0 Å². The van der Waals surface area contributed by atoms with Gasteiger partial charge in [-0.3, -0.25) is 0 Å². The lowest BCUT2D eigenvalue weighted by Gasteiger charge is -2.10. The highest BCUT2D eigenvalue weighted by Gasteiger charge is 2.06. The van der Waals surface area contributed by atoms with E-state index in [0.29, 0.717) is 12.1 Å². The van der Waals surface area contributed by atoms with Crippen LogP contribution in [0.5, 0.6) is 0 Å². The highest BCUT2D eigenvalue weighted by molar-refractivity contribution is 5.87. The van der Waals surface area contributed by atoms with Crippen molar-refractivity contribution in [1.29, 1.82) is 0 Å². The molecule has 1 N–H and O–H groups in total. The summed E-state index contributed by atoms with van der Waals surface area (Å²) in [6, 6.07) is 7.80. The summed E-state index contributed by atoms with van der Waals surface area (Å²) in [5, 5.41) is 8.86. The number of hydrogen-bond donors (Lipinski definition) is 1. The van der Waals surface area contributed by atoms with E-state index in [1.54, 1.807) is 18.5 Å². The van der Waals surface area contributed by atoms with Gasteiger partial charge in [0.25, 0.3) is 0 Å². The van der Waals surface area contributed by atoms with Crippen LogP contribution in [0.25, 0.3) is 0 Å². The molecule has 0 spiro atoms. The van der Waals surface area contributed by atoms with E-state index >= 15 is 0 Å². The molecule has 0 aliphatic carbocycles. The third-order valence-corrected chi connectivity index (χ3v) is 2.98. The first-order chi connectivity index (χ1) is 8.08. The van der Waals surface area contributed by atoms with Gasteiger partial charge in [-0.15, -0.1) is 0 Å². The Kier molecular flexibility index (Phi) is 3.00. The summed E-state index contributed by atoms with van der Waals surface area (Å²) in [6.45, 7) is 4.86. The number of aryl methyl sites for hydroxylation is 2. The zero-order valence-electron chi connectivity index (χ0n) is 9.97. The van der Waals surface area contributed by atoms with Gasteiger partial charge in [0.05, 0.1) is 5.56 Å². The normalized spacial score (nSPS) is 10.5. The Hall–Kier alpha value is -2.03. The van der Waals surface area contributed by atoms with Crippen molar-refractivity contribution in [2.24, 2.45) is 0 Å². The van der Waals surface area contributed by atoms with E-state index in [9.17, 15) is 4.79 Å². The first-order valence-electron chi connectivity index (χ1n) is 5.52. The fraction of sp³-hybridized carbons (Fsp3) is 0.214. The van der Waals surface area contributed by atoms with Crippen molar-refractivity contribution in [3.05, 3.63) is 58.9 Å². The predicted octanol–water partition coefficient (Wildman–Crippen LogP) is 2.85. The summed E-state index contributed by atoms with van der Waals surface area (Å²) < 4.78 is 1.90. The second kappa shape index (κ2) is 4.45. The fourth-order valence-electron chi connectivity index (χ4n) is 1.95. The van der Waals surface area contributed by atoms with Gasteiger partial charge in [0.1, 0.15) is 0 Å². The molecule has 0 saturated carbocycles. The minimum Gasteiger partial charge on any atom is -0.478 e. The molecule has 88 valence electrons. The molecule has 0 unspecified atom stereocenters. The molecule has 2 rings (SSSR count). The monoisotopic (exact) mass is 229 g/mol. The van der Waals surface area contributed by atoms with Crippen molar-refractivity contribution in [1.82, 2.24) is 4.57 Å². The van der Waals surface area contributed by atoms with Crippen LogP contribution in [-0.4, -0.2) is 15.6 Å². The lowest BCUT2D eigenvalue weighted by Crippen LogP contribution is -2.02. The summed E-state index contributed by atoms with van der Waals surface area (Å²) >= 11 is 0. The second-order valence-electron chi connectivity index (χ2n) is 4.25. The molecule has 0 aliphatic rings. The number of hydrogen-bond acceptors (Lipinski definition) is 1. The van der Waals surface area contributed by atoms with E-state index < -0.39 is 5.97 Å². The first-order valence-corrected chi connectivity index (χ1v) is 5.52. The van der Waals surface area contributed by atoms with Crippen molar-refractivity contribution in [2.75, 3.05) is 0 Å². The topological polar surface area (TPSA) is 42.2 Å². The molecule has 1 aromatic heterocycles. The van der Waals surface area contributed by atoms with Gasteiger partial charge >= 0.3 is 5.97 Å². The third-order valence-electron chi connectivity index (χ3n) is 2.98. The standard InChI is InChI=1S/C14H15NO2/c1-10-4-3-5-11(2)13(10)9-15-7-6-12(8-15)14(16)17/h3-8H,9H2,1-2H3,(H,16,17). The number of carboxylic acid groups (broad SMARTS) is 1. The molecular weight excluding hydrogens is 214 g/mol. The average Bonchev–Trinajstić information content (AvgIpc) is 2.72. The van der Waals surface area contributed by atoms with E-state index in [1.807, 2.05) is 10.6 Å². The Balaban J connectivity index is 2.28. The molecule has 0 atom stereocenters.